The topological polar surface area (TPSA) is 61.4 Å². The number of aliphatic hydroxyl groups is 1. The van der Waals surface area contributed by atoms with E-state index in [9.17, 15) is 9.90 Å². The molecule has 0 saturated heterocycles. The van der Waals surface area contributed by atoms with E-state index in [2.05, 4.69) is 10.6 Å². The van der Waals surface area contributed by atoms with Gasteiger partial charge in [0.05, 0.1) is 5.60 Å². The summed E-state index contributed by atoms with van der Waals surface area (Å²) in [6, 6.07) is -0.117. The van der Waals surface area contributed by atoms with Crippen molar-refractivity contribution in [3.8, 4) is 0 Å². The molecular formula is C11H24N2O2. The molecule has 0 aromatic rings. The summed E-state index contributed by atoms with van der Waals surface area (Å²) in [5.41, 5.74) is -0.831. The zero-order valence-electron chi connectivity index (χ0n) is 10.4. The first-order chi connectivity index (χ1) is 6.73. The fourth-order valence-electron chi connectivity index (χ4n) is 1.54. The summed E-state index contributed by atoms with van der Waals surface area (Å²) in [5, 5.41) is 15.3. The summed E-state index contributed by atoms with van der Waals surface area (Å²) in [6.07, 6.45) is 0.676. The third-order valence-corrected chi connectivity index (χ3v) is 1.90. The second kappa shape index (κ2) is 5.95. The van der Waals surface area contributed by atoms with Gasteiger partial charge in [0.2, 0.25) is 0 Å². The molecule has 0 aliphatic heterocycles. The zero-order chi connectivity index (χ0) is 12.1. The lowest BCUT2D eigenvalue weighted by molar-refractivity contribution is 0.0408. The van der Waals surface area contributed by atoms with Crippen molar-refractivity contribution in [1.82, 2.24) is 10.6 Å². The molecule has 0 rings (SSSR count). The van der Waals surface area contributed by atoms with E-state index < -0.39 is 5.60 Å². The molecule has 4 nitrogen and oxygen atoms in total. The normalized spacial score (nSPS) is 15.2. The van der Waals surface area contributed by atoms with Crippen molar-refractivity contribution in [3.05, 3.63) is 0 Å². The Labute approximate surface area is 92.4 Å². The third kappa shape index (κ3) is 8.24. The molecule has 0 fully saturated rings. The summed E-state index contributed by atoms with van der Waals surface area (Å²) in [6.45, 7) is 9.90. The van der Waals surface area contributed by atoms with Gasteiger partial charge in [0.25, 0.3) is 0 Å². The molecule has 0 bridgehead atoms. The number of carbonyl (C=O) groups is 1. The van der Waals surface area contributed by atoms with Crippen LogP contribution in [0.1, 0.15) is 41.0 Å². The van der Waals surface area contributed by atoms with Crippen LogP contribution in [0.3, 0.4) is 0 Å². The summed E-state index contributed by atoms with van der Waals surface area (Å²) in [4.78, 5) is 11.3. The predicted octanol–water partition coefficient (Wildman–Crippen LogP) is 1.49. The van der Waals surface area contributed by atoms with Gasteiger partial charge in [-0.05, 0) is 33.1 Å². The first kappa shape index (κ1) is 14.2. The highest BCUT2D eigenvalue weighted by Gasteiger charge is 2.22. The lowest BCUT2D eigenvalue weighted by Gasteiger charge is -2.25. The molecule has 0 aromatic heterocycles. The molecular weight excluding hydrogens is 192 g/mol. The van der Waals surface area contributed by atoms with Crippen molar-refractivity contribution < 1.29 is 9.90 Å². The van der Waals surface area contributed by atoms with Crippen LogP contribution in [-0.4, -0.2) is 29.3 Å². The standard InChI is InChI=1S/C11H24N2O2/c1-8(2)6-11(5,15)7-12-10(14)13-9(3)4/h8-9,15H,6-7H2,1-5H3,(H2,12,13,14). The summed E-state index contributed by atoms with van der Waals surface area (Å²) in [7, 11) is 0. The summed E-state index contributed by atoms with van der Waals surface area (Å²) >= 11 is 0. The fourth-order valence-corrected chi connectivity index (χ4v) is 1.54. The maximum atomic E-state index is 11.3. The minimum Gasteiger partial charge on any atom is -0.388 e. The second-order valence-electron chi connectivity index (χ2n) is 5.08. The van der Waals surface area contributed by atoms with E-state index in [0.717, 1.165) is 0 Å². The first-order valence-corrected chi connectivity index (χ1v) is 5.49. The molecule has 0 spiro atoms. The van der Waals surface area contributed by atoms with Crippen molar-refractivity contribution in [2.75, 3.05) is 6.54 Å². The van der Waals surface area contributed by atoms with Gasteiger partial charge < -0.3 is 15.7 Å². The van der Waals surface area contributed by atoms with Crippen LogP contribution in [0.2, 0.25) is 0 Å². The Morgan fingerprint density at radius 1 is 1.33 bits per heavy atom. The minimum absolute atomic E-state index is 0.111. The van der Waals surface area contributed by atoms with E-state index in [-0.39, 0.29) is 18.6 Å². The predicted molar refractivity (Wildman–Crippen MR) is 61.7 cm³/mol. The number of hydrogen-bond acceptors (Lipinski definition) is 2. The highest BCUT2D eigenvalue weighted by atomic mass is 16.3. The molecule has 90 valence electrons. The quantitative estimate of drug-likeness (QED) is 0.652. The molecule has 4 heteroatoms. The van der Waals surface area contributed by atoms with Crippen LogP contribution >= 0.6 is 0 Å². The molecule has 0 heterocycles. The lowest BCUT2D eigenvalue weighted by Crippen LogP contribution is -2.47. The Bertz CT molecular complexity index is 201. The zero-order valence-corrected chi connectivity index (χ0v) is 10.4. The van der Waals surface area contributed by atoms with Crippen LogP contribution in [0.25, 0.3) is 0 Å². The van der Waals surface area contributed by atoms with Crippen LogP contribution in [0.4, 0.5) is 4.79 Å². The maximum Gasteiger partial charge on any atom is 0.315 e. The number of rotatable bonds is 5. The smallest absolute Gasteiger partial charge is 0.315 e. The molecule has 1 atom stereocenters. The molecule has 3 N–H and O–H groups in total. The monoisotopic (exact) mass is 216 g/mol. The fraction of sp³-hybridized carbons (Fsp3) is 0.909. The Kier molecular flexibility index (Phi) is 5.65. The van der Waals surface area contributed by atoms with Gasteiger partial charge in [-0.3, -0.25) is 0 Å². The molecule has 2 amide bonds. The van der Waals surface area contributed by atoms with Crippen molar-refractivity contribution >= 4 is 6.03 Å². The third-order valence-electron chi connectivity index (χ3n) is 1.90. The van der Waals surface area contributed by atoms with E-state index in [0.29, 0.717) is 12.3 Å². The Morgan fingerprint density at radius 3 is 2.27 bits per heavy atom. The molecule has 1 unspecified atom stereocenters. The first-order valence-electron chi connectivity index (χ1n) is 5.49. The van der Waals surface area contributed by atoms with Gasteiger partial charge in [-0.2, -0.15) is 0 Å². The van der Waals surface area contributed by atoms with Crippen molar-refractivity contribution in [2.45, 2.75) is 52.7 Å². The molecule has 0 aromatic carbocycles. The van der Waals surface area contributed by atoms with Crippen molar-refractivity contribution in [3.63, 3.8) is 0 Å². The molecule has 15 heavy (non-hydrogen) atoms. The number of hydrogen-bond donors (Lipinski definition) is 3. The number of nitrogens with one attached hydrogen (secondary N) is 2. The largest absolute Gasteiger partial charge is 0.388 e. The lowest BCUT2D eigenvalue weighted by atomic mass is 9.94. The van der Waals surface area contributed by atoms with E-state index in [1.54, 1.807) is 6.92 Å². The van der Waals surface area contributed by atoms with Crippen LogP contribution in [-0.2, 0) is 0 Å². The number of urea groups is 1. The SMILES string of the molecule is CC(C)CC(C)(O)CNC(=O)NC(C)C. The minimum atomic E-state index is -0.831. The van der Waals surface area contributed by atoms with E-state index in [1.807, 2.05) is 27.7 Å². The van der Waals surface area contributed by atoms with Gasteiger partial charge in [-0.15, -0.1) is 0 Å². The Morgan fingerprint density at radius 2 is 1.87 bits per heavy atom. The van der Waals surface area contributed by atoms with Crippen LogP contribution in [0, 0.1) is 5.92 Å². The Balaban J connectivity index is 3.87. The van der Waals surface area contributed by atoms with E-state index >= 15 is 0 Å². The highest BCUT2D eigenvalue weighted by molar-refractivity contribution is 5.74. The number of amides is 2. The average Bonchev–Trinajstić information content (AvgIpc) is 1.97. The van der Waals surface area contributed by atoms with Crippen molar-refractivity contribution in [2.24, 2.45) is 5.92 Å². The average molecular weight is 216 g/mol. The van der Waals surface area contributed by atoms with Gasteiger partial charge >= 0.3 is 6.03 Å². The van der Waals surface area contributed by atoms with Gasteiger partial charge in [-0.25, -0.2) is 4.79 Å². The molecule has 0 aliphatic carbocycles. The Hall–Kier alpha value is -0.770. The van der Waals surface area contributed by atoms with Gasteiger partial charge in [0, 0.05) is 12.6 Å². The summed E-state index contributed by atoms with van der Waals surface area (Å²) in [5.74, 6) is 0.412. The molecule has 0 aliphatic rings. The second-order valence-corrected chi connectivity index (χ2v) is 5.08. The van der Waals surface area contributed by atoms with E-state index in [1.165, 1.54) is 0 Å². The van der Waals surface area contributed by atoms with Gasteiger partial charge in [-0.1, -0.05) is 13.8 Å². The van der Waals surface area contributed by atoms with Gasteiger partial charge in [0.1, 0.15) is 0 Å². The van der Waals surface area contributed by atoms with E-state index in [4.69, 9.17) is 0 Å². The maximum absolute atomic E-state index is 11.3. The van der Waals surface area contributed by atoms with Crippen LogP contribution in [0.15, 0.2) is 0 Å². The molecule has 0 saturated carbocycles. The molecule has 0 radical (unpaired) electrons. The van der Waals surface area contributed by atoms with Crippen LogP contribution < -0.4 is 10.6 Å². The van der Waals surface area contributed by atoms with Gasteiger partial charge in [0.15, 0.2) is 0 Å². The number of carbonyl (C=O) groups excluding carboxylic acids is 1. The van der Waals surface area contributed by atoms with Crippen molar-refractivity contribution in [1.29, 1.82) is 0 Å². The van der Waals surface area contributed by atoms with Crippen LogP contribution in [0.5, 0.6) is 0 Å². The highest BCUT2D eigenvalue weighted by Crippen LogP contribution is 2.14. The summed E-state index contributed by atoms with van der Waals surface area (Å²) < 4.78 is 0.